The molecule has 4 heteroatoms. The molecular weight excluding hydrogens is 357 g/mol. The molecule has 1 aromatic carbocycles. The molecule has 0 saturated carbocycles. The average molecular weight is 371 g/mol. The van der Waals surface area contributed by atoms with Gasteiger partial charge in [-0.15, -0.1) is 11.3 Å². The van der Waals surface area contributed by atoms with Crippen LogP contribution in [-0.4, -0.2) is 5.91 Å². The number of halogens is 1. The van der Waals surface area contributed by atoms with Gasteiger partial charge in [-0.2, -0.15) is 0 Å². The lowest BCUT2D eigenvalue weighted by Gasteiger charge is -2.05. The summed E-state index contributed by atoms with van der Waals surface area (Å²) in [6.45, 7) is 4.15. The van der Waals surface area contributed by atoms with E-state index in [0.717, 1.165) is 20.6 Å². The normalized spacial score (nSPS) is 10.4. The molecule has 1 amide bonds. The third kappa shape index (κ3) is 3.11. The largest absolute Gasteiger partial charge is 0.321 e. The number of aryl methyl sites for hydroxylation is 2. The first kappa shape index (κ1) is 13.5. The minimum Gasteiger partial charge on any atom is -0.321 e. The van der Waals surface area contributed by atoms with Crippen molar-refractivity contribution in [3.05, 3.63) is 49.2 Å². The highest BCUT2D eigenvalue weighted by Crippen LogP contribution is 2.21. The smallest absolute Gasteiger partial charge is 0.265 e. The summed E-state index contributed by atoms with van der Waals surface area (Å²) < 4.78 is 1.16. The third-order valence-electron chi connectivity index (χ3n) is 2.66. The van der Waals surface area contributed by atoms with Crippen molar-refractivity contribution in [2.75, 3.05) is 5.32 Å². The molecule has 0 saturated heterocycles. The van der Waals surface area contributed by atoms with E-state index < -0.39 is 0 Å². The average Bonchev–Trinajstić information content (AvgIpc) is 2.82. The van der Waals surface area contributed by atoms with Gasteiger partial charge in [-0.3, -0.25) is 4.79 Å². The van der Waals surface area contributed by atoms with Gasteiger partial charge in [0.05, 0.1) is 4.88 Å². The van der Waals surface area contributed by atoms with E-state index in [-0.39, 0.29) is 5.91 Å². The molecule has 0 spiro atoms. The molecule has 2 rings (SSSR count). The fraction of sp³-hybridized carbons (Fsp3) is 0.214. The van der Waals surface area contributed by atoms with Gasteiger partial charge in [-0.05, 0) is 65.8 Å². The number of hydrogen-bond acceptors (Lipinski definition) is 2. The van der Waals surface area contributed by atoms with E-state index >= 15 is 0 Å². The van der Waals surface area contributed by atoms with Crippen molar-refractivity contribution in [3.8, 4) is 0 Å². The Bertz CT molecular complexity index is 577. The topological polar surface area (TPSA) is 29.1 Å². The summed E-state index contributed by atoms with van der Waals surface area (Å²) in [5, 5.41) is 2.93. The zero-order valence-corrected chi connectivity index (χ0v) is 13.3. The van der Waals surface area contributed by atoms with E-state index in [9.17, 15) is 4.79 Å². The monoisotopic (exact) mass is 371 g/mol. The SMILES string of the molecule is CCc1ccc(C(=O)Nc2ccc(C)c(I)c2)s1. The van der Waals surface area contributed by atoms with Crippen molar-refractivity contribution in [2.24, 2.45) is 0 Å². The van der Waals surface area contributed by atoms with Crippen LogP contribution in [0.4, 0.5) is 5.69 Å². The second kappa shape index (κ2) is 5.84. The van der Waals surface area contributed by atoms with Crippen molar-refractivity contribution in [2.45, 2.75) is 20.3 Å². The number of benzene rings is 1. The molecule has 0 aliphatic rings. The molecule has 0 fully saturated rings. The molecule has 18 heavy (non-hydrogen) atoms. The molecular formula is C14H14INOS. The van der Waals surface area contributed by atoms with E-state index in [2.05, 4.69) is 41.8 Å². The molecule has 2 aromatic rings. The maximum absolute atomic E-state index is 12.0. The van der Waals surface area contributed by atoms with Gasteiger partial charge in [0.1, 0.15) is 0 Å². The minimum atomic E-state index is -0.0284. The van der Waals surface area contributed by atoms with Gasteiger partial charge in [0, 0.05) is 14.1 Å². The maximum atomic E-state index is 12.0. The van der Waals surface area contributed by atoms with Crippen LogP contribution in [0.1, 0.15) is 27.0 Å². The van der Waals surface area contributed by atoms with Gasteiger partial charge in [0.25, 0.3) is 5.91 Å². The lowest BCUT2D eigenvalue weighted by molar-refractivity contribution is 0.103. The highest BCUT2D eigenvalue weighted by molar-refractivity contribution is 14.1. The molecule has 94 valence electrons. The van der Waals surface area contributed by atoms with Gasteiger partial charge in [-0.25, -0.2) is 0 Å². The van der Waals surface area contributed by atoms with Gasteiger partial charge in [-0.1, -0.05) is 13.0 Å². The summed E-state index contributed by atoms with van der Waals surface area (Å²) in [6, 6.07) is 9.84. The zero-order chi connectivity index (χ0) is 13.1. The number of nitrogens with one attached hydrogen (secondary N) is 1. The second-order valence-electron chi connectivity index (χ2n) is 4.04. The number of hydrogen-bond donors (Lipinski definition) is 1. The van der Waals surface area contributed by atoms with Gasteiger partial charge in [0.15, 0.2) is 0 Å². The zero-order valence-electron chi connectivity index (χ0n) is 10.3. The highest BCUT2D eigenvalue weighted by atomic mass is 127. The maximum Gasteiger partial charge on any atom is 0.265 e. The van der Waals surface area contributed by atoms with Gasteiger partial charge in [0.2, 0.25) is 0 Å². The Morgan fingerprint density at radius 1 is 1.33 bits per heavy atom. The summed E-state index contributed by atoms with van der Waals surface area (Å²) in [5.74, 6) is -0.0284. The standard InChI is InChI=1S/C14H14INOS/c1-3-11-6-7-13(18-11)14(17)16-10-5-4-9(2)12(15)8-10/h4-8H,3H2,1-2H3,(H,16,17). The number of anilines is 1. The lowest BCUT2D eigenvalue weighted by Crippen LogP contribution is -2.10. The Labute approximate surface area is 125 Å². The van der Waals surface area contributed by atoms with Crippen LogP contribution < -0.4 is 5.32 Å². The van der Waals surface area contributed by atoms with Crippen LogP contribution in [0.25, 0.3) is 0 Å². The number of rotatable bonds is 3. The fourth-order valence-corrected chi connectivity index (χ4v) is 2.91. The first-order chi connectivity index (χ1) is 8.60. The van der Waals surface area contributed by atoms with Crippen LogP contribution in [0, 0.1) is 10.5 Å². The third-order valence-corrected chi connectivity index (χ3v) is 5.05. The van der Waals surface area contributed by atoms with Crippen molar-refractivity contribution in [3.63, 3.8) is 0 Å². The van der Waals surface area contributed by atoms with E-state index in [1.807, 2.05) is 30.3 Å². The molecule has 0 bridgehead atoms. The summed E-state index contributed by atoms with van der Waals surface area (Å²) in [4.78, 5) is 14.0. The van der Waals surface area contributed by atoms with Crippen molar-refractivity contribution in [1.82, 2.24) is 0 Å². The Balaban J connectivity index is 2.13. The number of thiophene rings is 1. The highest BCUT2D eigenvalue weighted by Gasteiger charge is 2.09. The summed E-state index contributed by atoms with van der Waals surface area (Å²) in [6.07, 6.45) is 0.973. The molecule has 1 heterocycles. The first-order valence-electron chi connectivity index (χ1n) is 5.76. The van der Waals surface area contributed by atoms with Gasteiger partial charge < -0.3 is 5.32 Å². The molecule has 1 aromatic heterocycles. The van der Waals surface area contributed by atoms with E-state index in [0.29, 0.717) is 0 Å². The molecule has 0 aliphatic carbocycles. The van der Waals surface area contributed by atoms with Crippen molar-refractivity contribution in [1.29, 1.82) is 0 Å². The Morgan fingerprint density at radius 3 is 2.72 bits per heavy atom. The second-order valence-corrected chi connectivity index (χ2v) is 6.37. The molecule has 0 aliphatic heterocycles. The van der Waals surface area contributed by atoms with E-state index in [1.165, 1.54) is 10.4 Å². The quantitative estimate of drug-likeness (QED) is 0.793. The predicted molar refractivity (Wildman–Crippen MR) is 85.5 cm³/mol. The van der Waals surface area contributed by atoms with Crippen LogP contribution in [-0.2, 0) is 6.42 Å². The van der Waals surface area contributed by atoms with Crippen molar-refractivity contribution < 1.29 is 4.79 Å². The Morgan fingerprint density at radius 2 is 2.11 bits per heavy atom. The lowest BCUT2D eigenvalue weighted by atomic mass is 10.2. The molecule has 0 atom stereocenters. The molecule has 1 N–H and O–H groups in total. The van der Waals surface area contributed by atoms with Crippen LogP contribution in [0.3, 0.4) is 0 Å². The van der Waals surface area contributed by atoms with Crippen molar-refractivity contribution >= 4 is 45.5 Å². The van der Waals surface area contributed by atoms with E-state index in [4.69, 9.17) is 0 Å². The van der Waals surface area contributed by atoms with Gasteiger partial charge >= 0.3 is 0 Å². The first-order valence-corrected chi connectivity index (χ1v) is 7.66. The summed E-state index contributed by atoms with van der Waals surface area (Å²) >= 11 is 3.83. The van der Waals surface area contributed by atoms with Crippen LogP contribution in [0.5, 0.6) is 0 Å². The molecule has 0 radical (unpaired) electrons. The summed E-state index contributed by atoms with van der Waals surface area (Å²) in [5.41, 5.74) is 2.07. The molecule has 2 nitrogen and oxygen atoms in total. The number of amides is 1. The number of carbonyl (C=O) groups is 1. The Hall–Kier alpha value is -0.880. The Kier molecular flexibility index (Phi) is 4.40. The van der Waals surface area contributed by atoms with E-state index in [1.54, 1.807) is 11.3 Å². The summed E-state index contributed by atoms with van der Waals surface area (Å²) in [7, 11) is 0. The predicted octanol–water partition coefficient (Wildman–Crippen LogP) is 4.48. The van der Waals surface area contributed by atoms with Crippen LogP contribution >= 0.6 is 33.9 Å². The van der Waals surface area contributed by atoms with Crippen LogP contribution in [0.2, 0.25) is 0 Å². The molecule has 0 unspecified atom stereocenters. The fourth-order valence-electron chi connectivity index (χ4n) is 1.55. The minimum absolute atomic E-state index is 0.0284. The number of carbonyl (C=O) groups excluding carboxylic acids is 1. The van der Waals surface area contributed by atoms with Crippen LogP contribution in [0.15, 0.2) is 30.3 Å².